The molecule has 3 heteroatoms. The number of rotatable bonds is 3. The van der Waals surface area contributed by atoms with Gasteiger partial charge in [0.1, 0.15) is 0 Å². The van der Waals surface area contributed by atoms with Crippen LogP contribution in [0.3, 0.4) is 0 Å². The van der Waals surface area contributed by atoms with Crippen LogP contribution in [0.5, 0.6) is 0 Å². The smallest absolute Gasteiger partial charge is 0.224 e. The van der Waals surface area contributed by atoms with Crippen molar-refractivity contribution in [2.45, 2.75) is 51.6 Å². The number of unbranched alkanes of at least 4 members (excludes halogenated alkanes) is 1. The van der Waals surface area contributed by atoms with Crippen molar-refractivity contribution in [2.75, 3.05) is 6.54 Å². The van der Waals surface area contributed by atoms with Crippen LogP contribution in [0.25, 0.3) is 0 Å². The van der Waals surface area contributed by atoms with Crippen LogP contribution in [0.1, 0.15) is 40.0 Å². The van der Waals surface area contributed by atoms with E-state index in [9.17, 15) is 4.79 Å². The summed E-state index contributed by atoms with van der Waals surface area (Å²) in [6.45, 7) is 7.10. The molecule has 0 radical (unpaired) electrons. The van der Waals surface area contributed by atoms with Crippen LogP contribution < -0.4 is 5.73 Å². The number of nitrogens with zero attached hydrogens (tertiary/aromatic N) is 1. The Kier molecular flexibility index (Phi) is 2.96. The Balaban J connectivity index is 2.65. The van der Waals surface area contributed by atoms with Gasteiger partial charge in [0.05, 0.1) is 5.54 Å². The van der Waals surface area contributed by atoms with E-state index in [0.717, 1.165) is 19.4 Å². The van der Waals surface area contributed by atoms with Gasteiger partial charge in [-0.1, -0.05) is 13.3 Å². The van der Waals surface area contributed by atoms with E-state index in [0.29, 0.717) is 6.42 Å². The fraction of sp³-hybridized carbons (Fsp3) is 0.900. The van der Waals surface area contributed by atoms with E-state index in [2.05, 4.69) is 20.8 Å². The lowest BCUT2D eigenvalue weighted by Crippen LogP contribution is -2.49. The molecule has 1 unspecified atom stereocenters. The van der Waals surface area contributed by atoms with Gasteiger partial charge >= 0.3 is 0 Å². The lowest BCUT2D eigenvalue weighted by Gasteiger charge is -2.34. The summed E-state index contributed by atoms with van der Waals surface area (Å²) in [6.07, 6.45) is 2.70. The van der Waals surface area contributed by atoms with Crippen molar-refractivity contribution in [3.8, 4) is 0 Å². The number of hydrogen-bond acceptors (Lipinski definition) is 2. The highest BCUT2D eigenvalue weighted by atomic mass is 16.2. The van der Waals surface area contributed by atoms with Gasteiger partial charge in [-0.05, 0) is 20.3 Å². The molecule has 1 fully saturated rings. The average molecular weight is 184 g/mol. The highest BCUT2D eigenvalue weighted by molar-refractivity contribution is 5.80. The number of carbonyl (C=O) groups is 1. The van der Waals surface area contributed by atoms with Crippen molar-refractivity contribution >= 4 is 5.91 Å². The molecule has 1 atom stereocenters. The minimum absolute atomic E-state index is 0.00291. The van der Waals surface area contributed by atoms with Crippen molar-refractivity contribution < 1.29 is 4.79 Å². The quantitative estimate of drug-likeness (QED) is 0.714. The van der Waals surface area contributed by atoms with Crippen molar-refractivity contribution in [2.24, 2.45) is 5.73 Å². The van der Waals surface area contributed by atoms with Crippen LogP contribution in [0.2, 0.25) is 0 Å². The van der Waals surface area contributed by atoms with Gasteiger partial charge in [-0.3, -0.25) is 4.79 Å². The SMILES string of the molecule is CCCCN1C(=O)CC(N)C1(C)C. The molecule has 1 aliphatic rings. The number of carbonyl (C=O) groups excluding carboxylic acids is 1. The summed E-state index contributed by atoms with van der Waals surface area (Å²) in [5.41, 5.74) is 5.76. The molecule has 1 heterocycles. The zero-order valence-corrected chi connectivity index (χ0v) is 8.84. The fourth-order valence-corrected chi connectivity index (χ4v) is 1.80. The van der Waals surface area contributed by atoms with Crippen LogP contribution >= 0.6 is 0 Å². The minimum atomic E-state index is -0.147. The highest BCUT2D eigenvalue weighted by Gasteiger charge is 2.43. The fourth-order valence-electron chi connectivity index (χ4n) is 1.80. The minimum Gasteiger partial charge on any atom is -0.336 e. The number of hydrogen-bond donors (Lipinski definition) is 1. The second-order valence-corrected chi connectivity index (χ2v) is 4.36. The Morgan fingerprint density at radius 1 is 1.62 bits per heavy atom. The van der Waals surface area contributed by atoms with Crippen molar-refractivity contribution in [1.29, 1.82) is 0 Å². The maximum absolute atomic E-state index is 11.6. The Labute approximate surface area is 80.3 Å². The first-order valence-electron chi connectivity index (χ1n) is 5.06. The summed E-state index contributed by atoms with van der Waals surface area (Å²) in [7, 11) is 0. The second-order valence-electron chi connectivity index (χ2n) is 4.36. The zero-order valence-electron chi connectivity index (χ0n) is 8.84. The summed E-state index contributed by atoms with van der Waals surface area (Å²) < 4.78 is 0. The molecule has 3 nitrogen and oxygen atoms in total. The monoisotopic (exact) mass is 184 g/mol. The van der Waals surface area contributed by atoms with Gasteiger partial charge in [-0.15, -0.1) is 0 Å². The van der Waals surface area contributed by atoms with Crippen LogP contribution in [0.4, 0.5) is 0 Å². The average Bonchev–Trinajstić information content (AvgIpc) is 2.21. The van der Waals surface area contributed by atoms with E-state index in [1.54, 1.807) is 0 Å². The van der Waals surface area contributed by atoms with Gasteiger partial charge in [0.15, 0.2) is 0 Å². The number of nitrogens with two attached hydrogens (primary N) is 1. The highest BCUT2D eigenvalue weighted by Crippen LogP contribution is 2.28. The molecule has 0 bridgehead atoms. The largest absolute Gasteiger partial charge is 0.336 e. The Bertz CT molecular complexity index is 201. The zero-order chi connectivity index (χ0) is 10.1. The topological polar surface area (TPSA) is 46.3 Å². The third-order valence-electron chi connectivity index (χ3n) is 3.03. The van der Waals surface area contributed by atoms with Gasteiger partial charge in [-0.2, -0.15) is 0 Å². The molecule has 1 saturated heterocycles. The van der Waals surface area contributed by atoms with Crippen molar-refractivity contribution in [3.63, 3.8) is 0 Å². The molecule has 0 aromatic heterocycles. The van der Waals surface area contributed by atoms with E-state index in [-0.39, 0.29) is 17.5 Å². The molecule has 0 spiro atoms. The number of likely N-dealkylation sites (tertiary alicyclic amines) is 1. The molecule has 13 heavy (non-hydrogen) atoms. The summed E-state index contributed by atoms with van der Waals surface area (Å²) in [6, 6.07) is -0.00291. The van der Waals surface area contributed by atoms with Gasteiger partial charge < -0.3 is 10.6 Å². The lowest BCUT2D eigenvalue weighted by atomic mass is 9.96. The first-order valence-corrected chi connectivity index (χ1v) is 5.06. The normalized spacial score (nSPS) is 26.9. The van der Waals surface area contributed by atoms with Crippen LogP contribution in [-0.2, 0) is 4.79 Å². The van der Waals surface area contributed by atoms with Crippen LogP contribution in [0.15, 0.2) is 0 Å². The molecule has 76 valence electrons. The van der Waals surface area contributed by atoms with Crippen molar-refractivity contribution in [1.82, 2.24) is 4.90 Å². The standard InChI is InChI=1S/C10H20N2O/c1-4-5-6-12-9(13)7-8(11)10(12,2)3/h8H,4-7,11H2,1-3H3. The molecule has 0 aromatic carbocycles. The van der Waals surface area contributed by atoms with Gasteiger partial charge in [0.2, 0.25) is 5.91 Å². The van der Waals surface area contributed by atoms with Gasteiger partial charge in [-0.25, -0.2) is 0 Å². The summed E-state index contributed by atoms with van der Waals surface area (Å²) in [5.74, 6) is 0.214. The third-order valence-corrected chi connectivity index (χ3v) is 3.03. The molecule has 0 saturated carbocycles. The predicted molar refractivity (Wildman–Crippen MR) is 53.3 cm³/mol. The number of amides is 1. The molecule has 1 amide bonds. The Hall–Kier alpha value is -0.570. The summed E-state index contributed by atoms with van der Waals surface area (Å²) >= 11 is 0. The van der Waals surface area contributed by atoms with Crippen LogP contribution in [-0.4, -0.2) is 28.9 Å². The van der Waals surface area contributed by atoms with E-state index in [1.807, 2.05) is 4.90 Å². The molecule has 0 aliphatic carbocycles. The maximum atomic E-state index is 11.6. The lowest BCUT2D eigenvalue weighted by molar-refractivity contribution is -0.130. The second kappa shape index (κ2) is 3.66. The molecular weight excluding hydrogens is 164 g/mol. The van der Waals surface area contributed by atoms with Crippen LogP contribution in [0, 0.1) is 0 Å². The van der Waals surface area contributed by atoms with Gasteiger partial charge in [0, 0.05) is 19.0 Å². The van der Waals surface area contributed by atoms with E-state index >= 15 is 0 Å². The van der Waals surface area contributed by atoms with E-state index in [4.69, 9.17) is 5.73 Å². The Morgan fingerprint density at radius 2 is 2.23 bits per heavy atom. The maximum Gasteiger partial charge on any atom is 0.224 e. The summed E-state index contributed by atoms with van der Waals surface area (Å²) in [4.78, 5) is 13.5. The predicted octanol–water partition coefficient (Wildman–Crippen LogP) is 1.12. The van der Waals surface area contributed by atoms with Crippen molar-refractivity contribution in [3.05, 3.63) is 0 Å². The first-order chi connectivity index (χ1) is 6.00. The van der Waals surface area contributed by atoms with E-state index < -0.39 is 0 Å². The third kappa shape index (κ3) is 1.85. The molecule has 1 rings (SSSR count). The Morgan fingerprint density at radius 3 is 2.62 bits per heavy atom. The first kappa shape index (κ1) is 10.5. The molecule has 1 aliphatic heterocycles. The molecule has 0 aromatic rings. The molecule has 2 N–H and O–H groups in total. The van der Waals surface area contributed by atoms with Gasteiger partial charge in [0.25, 0.3) is 0 Å². The molecular formula is C10H20N2O. The van der Waals surface area contributed by atoms with E-state index in [1.165, 1.54) is 0 Å². The summed E-state index contributed by atoms with van der Waals surface area (Å²) in [5, 5.41) is 0.